The summed E-state index contributed by atoms with van der Waals surface area (Å²) >= 11 is 3.30. The summed E-state index contributed by atoms with van der Waals surface area (Å²) in [5.41, 5.74) is 2.05. The Morgan fingerprint density at radius 3 is 2.86 bits per heavy atom. The molecule has 1 aromatic carbocycles. The molecular weight excluding hydrogens is 346 g/mol. The molecule has 0 unspecified atom stereocenters. The molecule has 3 rings (SSSR count). The molecule has 7 heteroatoms. The molecule has 0 saturated heterocycles. The van der Waals surface area contributed by atoms with Crippen molar-refractivity contribution in [3.63, 3.8) is 0 Å². The highest BCUT2D eigenvalue weighted by atomic mass is 79.9. The minimum absolute atomic E-state index is 0.219. The first-order valence-corrected chi connectivity index (χ1v) is 7.29. The molecule has 0 saturated carbocycles. The summed E-state index contributed by atoms with van der Waals surface area (Å²) < 4.78 is 2.58. The monoisotopic (exact) mass is 357 g/mol. The lowest BCUT2D eigenvalue weighted by molar-refractivity contribution is 0.102. The standard InChI is InChI=1S/C15H12BrN5O/c1-21-9-18-20-14(21)10-3-2-4-13(6-10)19-15(22)11-5-12(16)8-17-7-11/h2-9H,1H3,(H,19,22). The number of amides is 1. The van der Waals surface area contributed by atoms with E-state index in [0.717, 1.165) is 15.9 Å². The van der Waals surface area contributed by atoms with Gasteiger partial charge in [-0.2, -0.15) is 0 Å². The van der Waals surface area contributed by atoms with Gasteiger partial charge in [0.05, 0.1) is 5.56 Å². The fourth-order valence-corrected chi connectivity index (χ4v) is 2.38. The number of nitrogens with zero attached hydrogens (tertiary/aromatic N) is 4. The fraction of sp³-hybridized carbons (Fsp3) is 0.0667. The Kier molecular flexibility index (Phi) is 3.97. The lowest BCUT2D eigenvalue weighted by Gasteiger charge is -2.07. The largest absolute Gasteiger partial charge is 0.322 e. The summed E-state index contributed by atoms with van der Waals surface area (Å²) in [5.74, 6) is 0.518. The van der Waals surface area contributed by atoms with Crippen LogP contribution in [0.15, 0.2) is 53.5 Å². The van der Waals surface area contributed by atoms with Crippen LogP contribution < -0.4 is 5.32 Å². The molecule has 22 heavy (non-hydrogen) atoms. The van der Waals surface area contributed by atoms with Crippen LogP contribution in [0.3, 0.4) is 0 Å². The first-order chi connectivity index (χ1) is 10.6. The van der Waals surface area contributed by atoms with Crippen molar-refractivity contribution in [2.45, 2.75) is 0 Å². The molecule has 1 amide bonds. The van der Waals surface area contributed by atoms with Gasteiger partial charge in [0.25, 0.3) is 5.91 Å². The summed E-state index contributed by atoms with van der Waals surface area (Å²) in [5, 5.41) is 10.8. The average molecular weight is 358 g/mol. The van der Waals surface area contributed by atoms with E-state index < -0.39 is 0 Å². The van der Waals surface area contributed by atoms with Crippen molar-refractivity contribution in [3.05, 3.63) is 59.1 Å². The van der Waals surface area contributed by atoms with Gasteiger partial charge in [-0.1, -0.05) is 12.1 Å². The number of carbonyl (C=O) groups excluding carboxylic acids is 1. The molecule has 0 bridgehead atoms. The number of hydrogen-bond acceptors (Lipinski definition) is 4. The van der Waals surface area contributed by atoms with E-state index >= 15 is 0 Å². The van der Waals surface area contributed by atoms with E-state index in [2.05, 4.69) is 36.4 Å². The summed E-state index contributed by atoms with van der Waals surface area (Å²) in [7, 11) is 1.87. The normalized spacial score (nSPS) is 10.5. The van der Waals surface area contributed by atoms with Crippen LogP contribution >= 0.6 is 15.9 Å². The predicted molar refractivity (Wildman–Crippen MR) is 86.3 cm³/mol. The second-order valence-corrected chi connectivity index (χ2v) is 5.61. The van der Waals surface area contributed by atoms with Gasteiger partial charge in [0.15, 0.2) is 5.82 Å². The zero-order valence-corrected chi connectivity index (χ0v) is 13.3. The van der Waals surface area contributed by atoms with Crippen LogP contribution in [-0.2, 0) is 7.05 Å². The highest BCUT2D eigenvalue weighted by Gasteiger charge is 2.09. The van der Waals surface area contributed by atoms with E-state index in [1.165, 1.54) is 6.20 Å². The third kappa shape index (κ3) is 3.04. The van der Waals surface area contributed by atoms with Gasteiger partial charge in [-0.25, -0.2) is 0 Å². The van der Waals surface area contributed by atoms with E-state index in [9.17, 15) is 4.79 Å². The lowest BCUT2D eigenvalue weighted by atomic mass is 10.2. The maximum atomic E-state index is 12.2. The molecule has 1 N–H and O–H groups in total. The van der Waals surface area contributed by atoms with Crippen molar-refractivity contribution in [2.75, 3.05) is 5.32 Å². The van der Waals surface area contributed by atoms with E-state index in [-0.39, 0.29) is 5.91 Å². The third-order valence-corrected chi connectivity index (χ3v) is 3.49. The molecule has 0 aliphatic rings. The van der Waals surface area contributed by atoms with Crippen LogP contribution in [0.5, 0.6) is 0 Å². The number of rotatable bonds is 3. The second-order valence-electron chi connectivity index (χ2n) is 4.69. The average Bonchev–Trinajstić information content (AvgIpc) is 2.94. The maximum Gasteiger partial charge on any atom is 0.257 e. The number of nitrogens with one attached hydrogen (secondary N) is 1. The molecule has 6 nitrogen and oxygen atoms in total. The number of aromatic nitrogens is 4. The second kappa shape index (κ2) is 6.07. The Morgan fingerprint density at radius 1 is 1.27 bits per heavy atom. The maximum absolute atomic E-state index is 12.2. The molecular formula is C15H12BrN5O. The Morgan fingerprint density at radius 2 is 2.14 bits per heavy atom. The van der Waals surface area contributed by atoms with E-state index in [1.807, 2.05) is 35.9 Å². The number of pyridine rings is 1. The Hall–Kier alpha value is -2.54. The van der Waals surface area contributed by atoms with E-state index in [0.29, 0.717) is 11.3 Å². The highest BCUT2D eigenvalue weighted by molar-refractivity contribution is 9.10. The zero-order chi connectivity index (χ0) is 15.5. The number of carbonyl (C=O) groups is 1. The van der Waals surface area contributed by atoms with Crippen molar-refractivity contribution in [1.82, 2.24) is 19.7 Å². The molecule has 2 heterocycles. The van der Waals surface area contributed by atoms with E-state index in [4.69, 9.17) is 0 Å². The number of hydrogen-bond donors (Lipinski definition) is 1. The third-order valence-electron chi connectivity index (χ3n) is 3.06. The first kappa shape index (κ1) is 14.4. The molecule has 3 aromatic rings. The van der Waals surface area contributed by atoms with Crippen LogP contribution in [0.1, 0.15) is 10.4 Å². The topological polar surface area (TPSA) is 72.7 Å². The summed E-state index contributed by atoms with van der Waals surface area (Å²) in [6, 6.07) is 9.17. The minimum Gasteiger partial charge on any atom is -0.322 e. The molecule has 0 atom stereocenters. The fourth-order valence-electron chi connectivity index (χ4n) is 2.02. The van der Waals surface area contributed by atoms with Crippen molar-refractivity contribution in [1.29, 1.82) is 0 Å². The van der Waals surface area contributed by atoms with Gasteiger partial charge in [-0.05, 0) is 34.1 Å². The van der Waals surface area contributed by atoms with Crippen LogP contribution in [0.2, 0.25) is 0 Å². The number of aryl methyl sites for hydroxylation is 1. The van der Waals surface area contributed by atoms with Gasteiger partial charge in [-0.15, -0.1) is 10.2 Å². The molecule has 0 fully saturated rings. The molecule has 0 radical (unpaired) electrons. The predicted octanol–water partition coefficient (Wildman–Crippen LogP) is 2.89. The lowest BCUT2D eigenvalue weighted by Crippen LogP contribution is -2.12. The molecule has 0 aliphatic carbocycles. The van der Waals surface area contributed by atoms with Gasteiger partial charge in [0.1, 0.15) is 6.33 Å². The van der Waals surface area contributed by atoms with Gasteiger partial charge in [0, 0.05) is 35.2 Å². The van der Waals surface area contributed by atoms with Crippen molar-refractivity contribution < 1.29 is 4.79 Å². The number of anilines is 1. The number of halogens is 1. The van der Waals surface area contributed by atoms with Crippen molar-refractivity contribution in [2.24, 2.45) is 7.05 Å². The van der Waals surface area contributed by atoms with E-state index in [1.54, 1.807) is 18.6 Å². The van der Waals surface area contributed by atoms with Gasteiger partial charge >= 0.3 is 0 Å². The Labute approximate surface area is 135 Å². The minimum atomic E-state index is -0.219. The Balaban J connectivity index is 1.84. The zero-order valence-electron chi connectivity index (χ0n) is 11.7. The molecule has 0 spiro atoms. The smallest absolute Gasteiger partial charge is 0.257 e. The van der Waals surface area contributed by atoms with Gasteiger partial charge < -0.3 is 9.88 Å². The first-order valence-electron chi connectivity index (χ1n) is 6.50. The summed E-state index contributed by atoms with van der Waals surface area (Å²) in [6.45, 7) is 0. The van der Waals surface area contributed by atoms with Crippen LogP contribution in [0, 0.1) is 0 Å². The Bertz CT molecular complexity index is 830. The van der Waals surface area contributed by atoms with Crippen molar-refractivity contribution >= 4 is 27.5 Å². The molecule has 0 aliphatic heterocycles. The number of benzene rings is 1. The van der Waals surface area contributed by atoms with Crippen LogP contribution in [0.4, 0.5) is 5.69 Å². The molecule has 2 aromatic heterocycles. The quantitative estimate of drug-likeness (QED) is 0.782. The van der Waals surface area contributed by atoms with Crippen LogP contribution in [0.25, 0.3) is 11.4 Å². The van der Waals surface area contributed by atoms with Crippen LogP contribution in [-0.4, -0.2) is 25.7 Å². The molecule has 110 valence electrons. The van der Waals surface area contributed by atoms with Crippen molar-refractivity contribution in [3.8, 4) is 11.4 Å². The van der Waals surface area contributed by atoms with Gasteiger partial charge in [0.2, 0.25) is 0 Å². The SMILES string of the molecule is Cn1cnnc1-c1cccc(NC(=O)c2cncc(Br)c2)c1. The highest BCUT2D eigenvalue weighted by Crippen LogP contribution is 2.20. The van der Waals surface area contributed by atoms with Gasteiger partial charge in [-0.3, -0.25) is 9.78 Å². The summed E-state index contributed by atoms with van der Waals surface area (Å²) in [4.78, 5) is 16.2. The summed E-state index contributed by atoms with van der Waals surface area (Å²) in [6.07, 6.45) is 4.78.